The highest BCUT2D eigenvalue weighted by molar-refractivity contribution is 6.76. The zero-order valence-electron chi connectivity index (χ0n) is 48.5. The molecule has 22 heteroatoms. The van der Waals surface area contributed by atoms with E-state index in [1.165, 1.54) is 29.9 Å². The van der Waals surface area contributed by atoms with E-state index in [0.717, 1.165) is 45.0 Å². The van der Waals surface area contributed by atoms with Crippen LogP contribution in [-0.4, -0.2) is 129 Å². The molecule has 0 unspecified atom stereocenters. The average molecular weight is 1180 g/mol. The molecular formula is C56H78Cl3F2N7O8Si2. The van der Waals surface area contributed by atoms with Crippen molar-refractivity contribution < 1.29 is 80.6 Å². The Kier molecular flexibility index (Phi) is 27.5. The van der Waals surface area contributed by atoms with Crippen LogP contribution in [0.25, 0.3) is 22.6 Å². The molecule has 0 saturated heterocycles. The Morgan fingerprint density at radius 3 is 1.60 bits per heavy atom. The van der Waals surface area contributed by atoms with Crippen molar-refractivity contribution in [3.63, 3.8) is 0 Å². The monoisotopic (exact) mass is 1180 g/mol. The minimum atomic E-state index is -1.68. The number of amides is 1. The van der Waals surface area contributed by atoms with E-state index in [0.29, 0.717) is 63.7 Å². The fraction of sp³-hybridized carbons (Fsp3) is 0.393. The number of anilines is 1. The molecule has 4 N–H and O–H groups in total. The summed E-state index contributed by atoms with van der Waals surface area (Å²) < 4.78 is 54.0. The Labute approximate surface area is 477 Å². The largest absolute Gasteiger partial charge is 1.00 e. The molecule has 0 fully saturated rings. The van der Waals surface area contributed by atoms with Gasteiger partial charge >= 0.3 is 17.9 Å². The van der Waals surface area contributed by atoms with E-state index in [1.54, 1.807) is 44.4 Å². The van der Waals surface area contributed by atoms with Gasteiger partial charge in [-0.15, -0.1) is 0 Å². The maximum atomic E-state index is 13.5. The highest BCUT2D eigenvalue weighted by Crippen LogP contribution is 2.35. The normalized spacial score (nSPS) is 11.7. The fourth-order valence-electron chi connectivity index (χ4n) is 7.96. The number of aromatic amines is 3. The molecule has 0 aliphatic carbocycles. The summed E-state index contributed by atoms with van der Waals surface area (Å²) in [5, 5.41) is 3.63. The first-order chi connectivity index (χ1) is 35.4. The van der Waals surface area contributed by atoms with Gasteiger partial charge in [0, 0.05) is 57.2 Å². The van der Waals surface area contributed by atoms with Crippen LogP contribution in [0.15, 0.2) is 48.7 Å². The summed E-state index contributed by atoms with van der Waals surface area (Å²) in [5.41, 5.74) is 12.3. The van der Waals surface area contributed by atoms with Gasteiger partial charge in [0.05, 0.1) is 42.1 Å². The van der Waals surface area contributed by atoms with Crippen molar-refractivity contribution in [3.8, 4) is 5.88 Å². The number of carbonyl (C=O) groups excluding carboxylic acids is 4. The van der Waals surface area contributed by atoms with E-state index in [9.17, 15) is 28.0 Å². The lowest BCUT2D eigenvalue weighted by Crippen LogP contribution is -3.00. The number of nitrogens with zero attached hydrogens (tertiary/aromatic N) is 3. The molecule has 1 aliphatic rings. The molecule has 1 aliphatic heterocycles. The standard InChI is InChI=1S/C18H17FN2O3.C14H22FNOSi2.C12H18N2O2.C9H13NO2.C3H7ClN.2ClH/c1-4-24-18(23)16-9(2)15(20-10(16)3)8-13-12-7-11(19)5-6-14(12)21-17(13)22;1-18(2,3)16-13-8-7-12(15)9-11(13)10-14(16)17-19(4,5)6;1-6-16-12(15)11-8(2)10(7-14(4)5)13-9(11)3;1-4-12-9(11)8-6(2)5-10-7(8)3;1-5(2)3-4;;/h5-8,20H,4H2,1-3H3,(H,21,22);7-10H,1-6H3;7H,6H2,1-5H3;5,10H,4H2,1-3H3;3H,1-2H3;2*1H/q;;;;+1;;/p-1/b13-8-;;;;;;. The van der Waals surface area contributed by atoms with Gasteiger partial charge in [0.15, 0.2) is 20.3 Å². The first kappa shape index (κ1) is 69.8. The Bertz CT molecular complexity index is 3120. The minimum absolute atomic E-state index is 0. The van der Waals surface area contributed by atoms with Crippen molar-refractivity contribution in [1.82, 2.24) is 19.2 Å². The van der Waals surface area contributed by atoms with E-state index >= 15 is 0 Å². The van der Waals surface area contributed by atoms with Crippen molar-refractivity contribution in [3.05, 3.63) is 128 Å². The van der Waals surface area contributed by atoms with Crippen LogP contribution in [0.3, 0.4) is 0 Å². The maximum absolute atomic E-state index is 13.5. The summed E-state index contributed by atoms with van der Waals surface area (Å²) >= 11 is 5.14. The summed E-state index contributed by atoms with van der Waals surface area (Å²) in [6, 6.07) is 11.1. The van der Waals surface area contributed by atoms with Gasteiger partial charge < -0.3 is 68.0 Å². The molecule has 1 amide bonds. The smallest absolute Gasteiger partial charge is 0.340 e. The number of H-pyrrole nitrogens is 3. The Balaban J connectivity index is 0.000000513. The molecule has 4 aromatic heterocycles. The quantitative estimate of drug-likeness (QED) is 0.0307. The number of rotatable bonds is 11. The number of hydrogen-bond acceptors (Lipinski definition) is 8. The van der Waals surface area contributed by atoms with Gasteiger partial charge in [0.2, 0.25) is 14.0 Å². The van der Waals surface area contributed by atoms with Crippen LogP contribution < -0.4 is 34.6 Å². The molecule has 0 bridgehead atoms. The first-order valence-electron chi connectivity index (χ1n) is 24.9. The number of hydrogen-bond donors (Lipinski definition) is 4. The number of nitrogens with one attached hydrogen (secondary N) is 4. The molecule has 0 saturated carbocycles. The molecule has 7 rings (SSSR count). The van der Waals surface area contributed by atoms with Gasteiger partial charge in [-0.25, -0.2) is 32.3 Å². The SMILES string of the molecule is CCOC(=O)c1c(C)[nH]c(/C=C2\C(=O)Nc3ccc(F)cc32)c1C.CCOC(=O)c1c(C)[nH]c(C=[N+](C)C)c1C.CCOC(=O)c1c(C)c[nH]c1C.C[N+](C)=CCl.C[Si](C)(C)Oc1cc2cc(F)ccc2n1[Si](C)(C)C.[Cl-].[Cl-]. The zero-order chi connectivity index (χ0) is 57.6. The molecule has 0 atom stereocenters. The molecule has 6 aromatic rings. The van der Waals surface area contributed by atoms with Crippen molar-refractivity contribution >= 4 is 92.1 Å². The van der Waals surface area contributed by atoms with Crippen LogP contribution in [0.2, 0.25) is 39.3 Å². The fourth-order valence-corrected chi connectivity index (χ4v) is 10.5. The Morgan fingerprint density at radius 1 is 0.679 bits per heavy atom. The number of carbonyl (C=O) groups is 4. The predicted molar refractivity (Wildman–Crippen MR) is 307 cm³/mol. The maximum Gasteiger partial charge on any atom is 0.340 e. The van der Waals surface area contributed by atoms with E-state index in [1.807, 2.05) is 91.9 Å². The number of ether oxygens (including phenoxy) is 3. The van der Waals surface area contributed by atoms with Gasteiger partial charge in [-0.1, -0.05) is 19.6 Å². The van der Waals surface area contributed by atoms with Crippen LogP contribution in [0.4, 0.5) is 14.5 Å². The lowest BCUT2D eigenvalue weighted by atomic mass is 10.0. The minimum Gasteiger partial charge on any atom is -1.00 e. The van der Waals surface area contributed by atoms with E-state index in [4.69, 9.17) is 30.2 Å². The van der Waals surface area contributed by atoms with Crippen molar-refractivity contribution in [2.24, 2.45) is 0 Å². The highest BCUT2D eigenvalue weighted by Gasteiger charge is 2.28. The van der Waals surface area contributed by atoms with Crippen LogP contribution >= 0.6 is 11.6 Å². The molecule has 428 valence electrons. The van der Waals surface area contributed by atoms with Gasteiger partial charge in [-0.3, -0.25) is 4.79 Å². The van der Waals surface area contributed by atoms with Crippen molar-refractivity contribution in [1.29, 1.82) is 0 Å². The second-order valence-corrected chi connectivity index (χ2v) is 29.6. The number of esters is 3. The topological polar surface area (TPSA) is 176 Å². The van der Waals surface area contributed by atoms with Gasteiger partial charge in [0.1, 0.15) is 45.5 Å². The second kappa shape index (κ2) is 30.8. The van der Waals surface area contributed by atoms with Crippen LogP contribution in [-0.2, 0) is 19.0 Å². The predicted octanol–water partition coefficient (Wildman–Crippen LogP) is 5.96. The third kappa shape index (κ3) is 19.3. The summed E-state index contributed by atoms with van der Waals surface area (Å²) in [6.45, 7) is 30.9. The molecule has 78 heavy (non-hydrogen) atoms. The Morgan fingerprint density at radius 2 is 1.15 bits per heavy atom. The molecule has 0 radical (unpaired) electrons. The van der Waals surface area contributed by atoms with E-state index in [2.05, 4.69) is 63.8 Å². The number of halogens is 5. The second-order valence-electron chi connectivity index (χ2n) is 20.2. The highest BCUT2D eigenvalue weighted by atomic mass is 35.5. The molecule has 0 spiro atoms. The number of aromatic nitrogens is 4. The third-order valence-corrected chi connectivity index (χ3v) is 14.1. The van der Waals surface area contributed by atoms with Gasteiger partial charge in [-0.05, 0) is 153 Å². The first-order valence-corrected chi connectivity index (χ1v) is 32.2. The number of aryl methyl sites for hydroxylation is 4. The average Bonchev–Trinajstić information content (AvgIpc) is 4.08. The van der Waals surface area contributed by atoms with Crippen LogP contribution in [0.5, 0.6) is 5.88 Å². The van der Waals surface area contributed by atoms with Crippen molar-refractivity contribution in [2.45, 2.75) is 102 Å². The van der Waals surface area contributed by atoms with E-state index < -0.39 is 28.3 Å². The lowest BCUT2D eigenvalue weighted by Gasteiger charge is -2.27. The summed E-state index contributed by atoms with van der Waals surface area (Å²) in [5.74, 6) is -0.918. The lowest BCUT2D eigenvalue weighted by molar-refractivity contribution is -0.458. The van der Waals surface area contributed by atoms with Crippen LogP contribution in [0, 0.1) is 53.2 Å². The van der Waals surface area contributed by atoms with Gasteiger partial charge in [-0.2, -0.15) is 0 Å². The zero-order valence-corrected chi connectivity index (χ0v) is 52.7. The van der Waals surface area contributed by atoms with E-state index in [-0.39, 0.29) is 55.1 Å². The Hall–Kier alpha value is -6.26. The summed E-state index contributed by atoms with van der Waals surface area (Å²) in [4.78, 5) is 56.5. The number of benzene rings is 2. The molecule has 2 aromatic carbocycles. The summed E-state index contributed by atoms with van der Waals surface area (Å²) in [7, 11) is 4.33. The molecule has 15 nitrogen and oxygen atoms in total. The third-order valence-electron chi connectivity index (χ3n) is 11.1. The molecular weight excluding hydrogens is 1100 g/mol. The van der Waals surface area contributed by atoms with Crippen LogP contribution in [0.1, 0.15) is 103 Å². The number of fused-ring (bicyclic) bond motifs is 2. The summed E-state index contributed by atoms with van der Waals surface area (Å²) in [6.07, 6.45) is 5.39. The van der Waals surface area contributed by atoms with Gasteiger partial charge in [0.25, 0.3) is 5.91 Å². The molecule has 5 heterocycles. The van der Waals surface area contributed by atoms with Crippen molar-refractivity contribution in [2.75, 3.05) is 53.3 Å².